The second-order valence-electron chi connectivity index (χ2n) is 3.97. The Hall–Kier alpha value is -1.36. The molecule has 5 nitrogen and oxygen atoms in total. The summed E-state index contributed by atoms with van der Waals surface area (Å²) in [5.41, 5.74) is 1.06. The number of aromatic nitrogens is 2. The Kier molecular flexibility index (Phi) is 2.73. The average Bonchev–Trinajstić information content (AvgIpc) is 2.64. The van der Waals surface area contributed by atoms with E-state index in [0.717, 1.165) is 18.5 Å². The SMILES string of the molecule is Cn1cncc1C1CCCC(C(=O)O)N1. The molecule has 1 aromatic rings. The first-order valence-corrected chi connectivity index (χ1v) is 5.13. The van der Waals surface area contributed by atoms with Crippen LogP contribution in [-0.4, -0.2) is 26.7 Å². The normalized spacial score (nSPS) is 26.5. The Bertz CT molecular complexity index is 361. The minimum absolute atomic E-state index is 0.118. The smallest absolute Gasteiger partial charge is 0.320 e. The first kappa shape index (κ1) is 10.2. The van der Waals surface area contributed by atoms with Crippen LogP contribution < -0.4 is 5.32 Å². The van der Waals surface area contributed by atoms with Crippen LogP contribution in [0.15, 0.2) is 12.5 Å². The van der Waals surface area contributed by atoms with Crippen molar-refractivity contribution >= 4 is 5.97 Å². The molecule has 0 spiro atoms. The summed E-state index contributed by atoms with van der Waals surface area (Å²) >= 11 is 0. The lowest BCUT2D eigenvalue weighted by Gasteiger charge is -2.28. The third-order valence-corrected chi connectivity index (χ3v) is 2.90. The van der Waals surface area contributed by atoms with Gasteiger partial charge in [-0.2, -0.15) is 0 Å². The lowest BCUT2D eigenvalue weighted by Crippen LogP contribution is -2.42. The van der Waals surface area contributed by atoms with Crippen LogP contribution in [0.2, 0.25) is 0 Å². The zero-order chi connectivity index (χ0) is 10.8. The lowest BCUT2D eigenvalue weighted by molar-refractivity contribution is -0.140. The van der Waals surface area contributed by atoms with E-state index in [2.05, 4.69) is 10.3 Å². The molecule has 2 rings (SSSR count). The van der Waals surface area contributed by atoms with E-state index in [1.54, 1.807) is 12.5 Å². The van der Waals surface area contributed by atoms with Crippen molar-refractivity contribution < 1.29 is 9.90 Å². The zero-order valence-corrected chi connectivity index (χ0v) is 8.68. The minimum Gasteiger partial charge on any atom is -0.480 e. The largest absolute Gasteiger partial charge is 0.480 e. The quantitative estimate of drug-likeness (QED) is 0.752. The summed E-state index contributed by atoms with van der Waals surface area (Å²) < 4.78 is 1.93. The molecule has 0 bridgehead atoms. The molecule has 15 heavy (non-hydrogen) atoms. The Morgan fingerprint density at radius 2 is 2.47 bits per heavy atom. The average molecular weight is 209 g/mol. The maximum atomic E-state index is 10.9. The molecule has 2 unspecified atom stereocenters. The third-order valence-electron chi connectivity index (χ3n) is 2.90. The molecule has 1 aromatic heterocycles. The van der Waals surface area contributed by atoms with Crippen molar-refractivity contribution in [3.8, 4) is 0 Å². The summed E-state index contributed by atoms with van der Waals surface area (Å²) in [4.78, 5) is 14.9. The van der Waals surface area contributed by atoms with Crippen molar-refractivity contribution in [3.05, 3.63) is 18.2 Å². The summed E-state index contributed by atoms with van der Waals surface area (Å²) in [6.07, 6.45) is 6.16. The van der Waals surface area contributed by atoms with Gasteiger partial charge in [-0.05, 0) is 19.3 Å². The Morgan fingerprint density at radius 1 is 1.67 bits per heavy atom. The number of aryl methyl sites for hydroxylation is 1. The molecule has 1 saturated heterocycles. The van der Waals surface area contributed by atoms with E-state index in [1.807, 2.05) is 11.6 Å². The fourth-order valence-electron chi connectivity index (χ4n) is 2.07. The second-order valence-corrected chi connectivity index (χ2v) is 3.97. The highest BCUT2D eigenvalue weighted by Crippen LogP contribution is 2.24. The molecule has 2 N–H and O–H groups in total. The van der Waals surface area contributed by atoms with Gasteiger partial charge in [0.2, 0.25) is 0 Å². The number of nitrogens with one attached hydrogen (secondary N) is 1. The molecule has 0 amide bonds. The fraction of sp³-hybridized carbons (Fsp3) is 0.600. The van der Waals surface area contributed by atoms with Gasteiger partial charge >= 0.3 is 5.97 Å². The predicted octanol–water partition coefficient (Wildman–Crippen LogP) is 0.688. The number of hydrogen-bond acceptors (Lipinski definition) is 3. The summed E-state index contributed by atoms with van der Waals surface area (Å²) in [5.74, 6) is -0.762. The van der Waals surface area contributed by atoms with Crippen LogP contribution in [0.25, 0.3) is 0 Å². The molecule has 2 heterocycles. The molecule has 1 fully saturated rings. The molecule has 5 heteroatoms. The highest BCUT2D eigenvalue weighted by Gasteiger charge is 2.27. The van der Waals surface area contributed by atoms with Crippen LogP contribution in [0.3, 0.4) is 0 Å². The summed E-state index contributed by atoms with van der Waals surface area (Å²) in [7, 11) is 1.92. The van der Waals surface area contributed by atoms with Gasteiger partial charge in [0.1, 0.15) is 6.04 Å². The van der Waals surface area contributed by atoms with E-state index >= 15 is 0 Å². The van der Waals surface area contributed by atoms with Crippen LogP contribution in [0, 0.1) is 0 Å². The number of carboxylic acid groups (broad SMARTS) is 1. The molecule has 0 aliphatic carbocycles. The maximum Gasteiger partial charge on any atom is 0.320 e. The summed E-state index contributed by atoms with van der Waals surface area (Å²) in [6.45, 7) is 0. The maximum absolute atomic E-state index is 10.9. The van der Waals surface area contributed by atoms with E-state index in [0.29, 0.717) is 6.42 Å². The van der Waals surface area contributed by atoms with Crippen molar-refractivity contribution in [2.75, 3.05) is 0 Å². The minimum atomic E-state index is -0.762. The van der Waals surface area contributed by atoms with Crippen LogP contribution in [-0.2, 0) is 11.8 Å². The van der Waals surface area contributed by atoms with Gasteiger partial charge in [0.05, 0.1) is 12.0 Å². The number of carboxylic acids is 1. The lowest BCUT2D eigenvalue weighted by atomic mass is 9.97. The van der Waals surface area contributed by atoms with E-state index in [-0.39, 0.29) is 6.04 Å². The molecule has 2 atom stereocenters. The van der Waals surface area contributed by atoms with Crippen molar-refractivity contribution in [3.63, 3.8) is 0 Å². The summed E-state index contributed by atoms with van der Waals surface area (Å²) in [6, 6.07) is -0.300. The number of imidazole rings is 1. The Morgan fingerprint density at radius 3 is 3.07 bits per heavy atom. The number of hydrogen-bond donors (Lipinski definition) is 2. The molecule has 82 valence electrons. The highest BCUT2D eigenvalue weighted by molar-refractivity contribution is 5.73. The van der Waals surface area contributed by atoms with Gasteiger partial charge in [-0.25, -0.2) is 4.98 Å². The zero-order valence-electron chi connectivity index (χ0n) is 8.68. The van der Waals surface area contributed by atoms with Gasteiger partial charge in [0, 0.05) is 19.3 Å². The van der Waals surface area contributed by atoms with Gasteiger partial charge in [0.25, 0.3) is 0 Å². The van der Waals surface area contributed by atoms with Crippen LogP contribution in [0.4, 0.5) is 0 Å². The van der Waals surface area contributed by atoms with Crippen molar-refractivity contribution in [2.24, 2.45) is 7.05 Å². The van der Waals surface area contributed by atoms with Gasteiger partial charge < -0.3 is 9.67 Å². The van der Waals surface area contributed by atoms with E-state index in [4.69, 9.17) is 5.11 Å². The van der Waals surface area contributed by atoms with Gasteiger partial charge in [0.15, 0.2) is 0 Å². The molecule has 0 radical (unpaired) electrons. The third kappa shape index (κ3) is 2.02. The molecule has 0 saturated carbocycles. The van der Waals surface area contributed by atoms with Gasteiger partial charge in [-0.1, -0.05) is 0 Å². The molecular formula is C10H15N3O2. The van der Waals surface area contributed by atoms with Crippen molar-refractivity contribution in [1.29, 1.82) is 0 Å². The highest BCUT2D eigenvalue weighted by atomic mass is 16.4. The fourth-order valence-corrected chi connectivity index (χ4v) is 2.07. The van der Waals surface area contributed by atoms with Crippen LogP contribution in [0.5, 0.6) is 0 Å². The van der Waals surface area contributed by atoms with Crippen LogP contribution in [0.1, 0.15) is 31.0 Å². The Labute approximate surface area is 88.1 Å². The van der Waals surface area contributed by atoms with Gasteiger partial charge in [-0.3, -0.25) is 10.1 Å². The summed E-state index contributed by atoms with van der Waals surface area (Å²) in [5, 5.41) is 12.1. The van der Waals surface area contributed by atoms with E-state index in [9.17, 15) is 4.79 Å². The van der Waals surface area contributed by atoms with Crippen LogP contribution >= 0.6 is 0 Å². The molecule has 1 aliphatic heterocycles. The van der Waals surface area contributed by atoms with Crippen molar-refractivity contribution in [1.82, 2.24) is 14.9 Å². The molecular weight excluding hydrogens is 194 g/mol. The predicted molar refractivity (Wildman–Crippen MR) is 54.4 cm³/mol. The van der Waals surface area contributed by atoms with Crippen molar-refractivity contribution in [2.45, 2.75) is 31.3 Å². The van der Waals surface area contributed by atoms with E-state index < -0.39 is 12.0 Å². The number of piperidine rings is 1. The number of aliphatic carboxylic acids is 1. The first-order chi connectivity index (χ1) is 7.18. The standard InChI is InChI=1S/C10H15N3O2/c1-13-6-11-5-9(13)7-3-2-4-8(12-7)10(14)15/h5-8,12H,2-4H2,1H3,(H,14,15). The number of rotatable bonds is 2. The molecule has 0 aromatic carbocycles. The molecule has 1 aliphatic rings. The monoisotopic (exact) mass is 209 g/mol. The van der Waals surface area contributed by atoms with Gasteiger partial charge in [-0.15, -0.1) is 0 Å². The topological polar surface area (TPSA) is 67.2 Å². The Balaban J connectivity index is 2.11. The number of carbonyl (C=O) groups is 1. The second kappa shape index (κ2) is 4.02. The first-order valence-electron chi connectivity index (χ1n) is 5.13. The number of nitrogens with zero attached hydrogens (tertiary/aromatic N) is 2. The van der Waals surface area contributed by atoms with E-state index in [1.165, 1.54) is 0 Å².